The summed E-state index contributed by atoms with van der Waals surface area (Å²) in [6, 6.07) is 26.9. The van der Waals surface area contributed by atoms with E-state index in [-0.39, 0.29) is 0 Å². The fourth-order valence-electron chi connectivity index (χ4n) is 2.79. The van der Waals surface area contributed by atoms with Crippen molar-refractivity contribution in [2.45, 2.75) is 0 Å². The van der Waals surface area contributed by atoms with Gasteiger partial charge in [0.05, 0.1) is 23.4 Å². The minimum atomic E-state index is 0.861. The average molecular weight is 343 g/mol. The van der Waals surface area contributed by atoms with Gasteiger partial charge in [-0.2, -0.15) is 0 Å². The van der Waals surface area contributed by atoms with Crippen molar-refractivity contribution in [1.29, 1.82) is 0 Å². The first-order valence-electron chi connectivity index (χ1n) is 8.09. The van der Waals surface area contributed by atoms with Crippen LogP contribution in [0.5, 0.6) is 5.75 Å². The molecule has 3 heteroatoms. The van der Waals surface area contributed by atoms with Gasteiger partial charge in [0, 0.05) is 5.56 Å². The van der Waals surface area contributed by atoms with E-state index in [0.717, 1.165) is 33.8 Å². The first-order chi connectivity index (χ1) is 12.3. The summed E-state index contributed by atoms with van der Waals surface area (Å²) in [6.45, 7) is 0. The predicted octanol–water partition coefficient (Wildman–Crippen LogP) is 6.15. The van der Waals surface area contributed by atoms with Crippen molar-refractivity contribution in [3.8, 4) is 38.7 Å². The van der Waals surface area contributed by atoms with Crippen LogP contribution in [0, 0.1) is 0 Å². The second-order valence-electron chi connectivity index (χ2n) is 5.70. The summed E-state index contributed by atoms with van der Waals surface area (Å²) in [4.78, 5) is 6.06. The van der Waals surface area contributed by atoms with Gasteiger partial charge >= 0.3 is 0 Å². The molecule has 0 fully saturated rings. The molecule has 2 heterocycles. The van der Waals surface area contributed by atoms with Crippen LogP contribution in [0.15, 0.2) is 84.2 Å². The van der Waals surface area contributed by atoms with E-state index in [1.54, 1.807) is 18.4 Å². The first kappa shape index (κ1) is 15.6. The maximum atomic E-state index is 5.27. The lowest BCUT2D eigenvalue weighted by Crippen LogP contribution is -1.90. The molecule has 122 valence electrons. The lowest BCUT2D eigenvalue weighted by atomic mass is 10.0. The number of benzene rings is 2. The summed E-state index contributed by atoms with van der Waals surface area (Å²) in [5, 5.41) is 2.08. The Balaban J connectivity index is 1.86. The average Bonchev–Trinajstić information content (AvgIpc) is 3.23. The summed E-state index contributed by atoms with van der Waals surface area (Å²) >= 11 is 1.71. The third-order valence-electron chi connectivity index (χ3n) is 4.09. The molecule has 25 heavy (non-hydrogen) atoms. The van der Waals surface area contributed by atoms with Gasteiger partial charge in [-0.05, 0) is 46.8 Å². The molecule has 2 nitrogen and oxygen atoms in total. The molecule has 4 aromatic rings. The van der Waals surface area contributed by atoms with Crippen molar-refractivity contribution < 1.29 is 4.74 Å². The van der Waals surface area contributed by atoms with Crippen LogP contribution in [-0.4, -0.2) is 12.1 Å². The number of thiophene rings is 1. The van der Waals surface area contributed by atoms with Crippen LogP contribution in [-0.2, 0) is 0 Å². The molecule has 0 aliphatic heterocycles. The van der Waals surface area contributed by atoms with E-state index in [2.05, 4.69) is 53.9 Å². The van der Waals surface area contributed by atoms with Crippen molar-refractivity contribution in [1.82, 2.24) is 4.98 Å². The zero-order valence-electron chi connectivity index (χ0n) is 13.8. The Morgan fingerprint density at radius 2 is 1.48 bits per heavy atom. The molecule has 0 atom stereocenters. The molecular formula is C22H17NOS. The van der Waals surface area contributed by atoms with E-state index in [0.29, 0.717) is 0 Å². The summed E-state index contributed by atoms with van der Waals surface area (Å²) < 4.78 is 5.27. The number of hydrogen-bond acceptors (Lipinski definition) is 3. The largest absolute Gasteiger partial charge is 0.497 e. The maximum Gasteiger partial charge on any atom is 0.118 e. The molecular weight excluding hydrogens is 326 g/mol. The van der Waals surface area contributed by atoms with Crippen molar-refractivity contribution in [3.63, 3.8) is 0 Å². The van der Waals surface area contributed by atoms with Crippen LogP contribution < -0.4 is 4.74 Å². The summed E-state index contributed by atoms with van der Waals surface area (Å²) in [6.07, 6.45) is 0. The minimum absolute atomic E-state index is 0.861. The highest BCUT2D eigenvalue weighted by Gasteiger charge is 2.09. The SMILES string of the molecule is COc1ccc(-c2cc(-c3ccccc3)nc(-c3cccs3)c2)cc1. The van der Waals surface area contributed by atoms with Crippen LogP contribution in [0.1, 0.15) is 0 Å². The van der Waals surface area contributed by atoms with Crippen LogP contribution in [0.2, 0.25) is 0 Å². The molecule has 4 rings (SSSR count). The predicted molar refractivity (Wildman–Crippen MR) is 105 cm³/mol. The first-order valence-corrected chi connectivity index (χ1v) is 8.97. The lowest BCUT2D eigenvalue weighted by Gasteiger charge is -2.10. The third-order valence-corrected chi connectivity index (χ3v) is 4.98. The Bertz CT molecular complexity index is 961. The van der Waals surface area contributed by atoms with Crippen molar-refractivity contribution in [3.05, 3.63) is 84.2 Å². The van der Waals surface area contributed by atoms with E-state index in [9.17, 15) is 0 Å². The quantitative estimate of drug-likeness (QED) is 0.443. The molecule has 0 saturated carbocycles. The number of nitrogens with zero attached hydrogens (tertiary/aromatic N) is 1. The zero-order chi connectivity index (χ0) is 17.1. The Kier molecular flexibility index (Phi) is 4.32. The Morgan fingerprint density at radius 3 is 2.16 bits per heavy atom. The molecule has 0 aliphatic rings. The molecule has 2 aromatic carbocycles. The molecule has 0 aliphatic carbocycles. The van der Waals surface area contributed by atoms with Gasteiger partial charge in [0.1, 0.15) is 5.75 Å². The summed E-state index contributed by atoms with van der Waals surface area (Å²) in [7, 11) is 1.68. The number of aromatic nitrogens is 1. The number of rotatable bonds is 4. The van der Waals surface area contributed by atoms with Crippen molar-refractivity contribution in [2.75, 3.05) is 7.11 Å². The molecule has 0 amide bonds. The Hall–Kier alpha value is -2.91. The molecule has 0 spiro atoms. The van der Waals surface area contributed by atoms with E-state index in [1.165, 1.54) is 4.88 Å². The smallest absolute Gasteiger partial charge is 0.118 e. The monoisotopic (exact) mass is 343 g/mol. The van der Waals surface area contributed by atoms with Crippen LogP contribution in [0.3, 0.4) is 0 Å². The summed E-state index contributed by atoms with van der Waals surface area (Å²) in [5.74, 6) is 0.861. The highest BCUT2D eigenvalue weighted by atomic mass is 32.1. The van der Waals surface area contributed by atoms with Crippen molar-refractivity contribution >= 4 is 11.3 Å². The van der Waals surface area contributed by atoms with Gasteiger partial charge in [-0.25, -0.2) is 4.98 Å². The van der Waals surface area contributed by atoms with Gasteiger partial charge in [-0.3, -0.25) is 0 Å². The van der Waals surface area contributed by atoms with E-state index < -0.39 is 0 Å². The van der Waals surface area contributed by atoms with E-state index in [4.69, 9.17) is 9.72 Å². The number of methoxy groups -OCH3 is 1. The van der Waals surface area contributed by atoms with E-state index in [1.807, 2.05) is 30.3 Å². The third kappa shape index (κ3) is 3.32. The fourth-order valence-corrected chi connectivity index (χ4v) is 3.47. The molecule has 0 bridgehead atoms. The van der Waals surface area contributed by atoms with Crippen molar-refractivity contribution in [2.24, 2.45) is 0 Å². The molecule has 0 saturated heterocycles. The van der Waals surface area contributed by atoms with Gasteiger partial charge in [0.2, 0.25) is 0 Å². The minimum Gasteiger partial charge on any atom is -0.497 e. The number of hydrogen-bond donors (Lipinski definition) is 0. The standard InChI is InChI=1S/C22H17NOS/c1-24-19-11-9-16(10-12-19)18-14-20(17-6-3-2-4-7-17)23-21(15-18)22-8-5-13-25-22/h2-15H,1H3. The van der Waals surface area contributed by atoms with Gasteiger partial charge in [-0.1, -0.05) is 48.5 Å². The number of ether oxygens (including phenoxy) is 1. The van der Waals surface area contributed by atoms with E-state index >= 15 is 0 Å². The second-order valence-corrected chi connectivity index (χ2v) is 6.65. The lowest BCUT2D eigenvalue weighted by molar-refractivity contribution is 0.415. The van der Waals surface area contributed by atoms with Gasteiger partial charge in [-0.15, -0.1) is 11.3 Å². The molecule has 0 unspecified atom stereocenters. The van der Waals surface area contributed by atoms with Crippen LogP contribution in [0.4, 0.5) is 0 Å². The summed E-state index contributed by atoms with van der Waals surface area (Å²) in [5.41, 5.74) is 5.41. The second kappa shape index (κ2) is 6.91. The molecule has 0 radical (unpaired) electrons. The number of pyridine rings is 1. The van der Waals surface area contributed by atoms with Gasteiger partial charge in [0.15, 0.2) is 0 Å². The van der Waals surface area contributed by atoms with Crippen LogP contribution in [0.25, 0.3) is 33.0 Å². The van der Waals surface area contributed by atoms with Gasteiger partial charge in [0.25, 0.3) is 0 Å². The topological polar surface area (TPSA) is 22.1 Å². The highest BCUT2D eigenvalue weighted by Crippen LogP contribution is 2.32. The highest BCUT2D eigenvalue weighted by molar-refractivity contribution is 7.13. The fraction of sp³-hybridized carbons (Fsp3) is 0.0455. The Morgan fingerprint density at radius 1 is 0.720 bits per heavy atom. The molecule has 0 N–H and O–H groups in total. The molecule has 2 aromatic heterocycles. The zero-order valence-corrected chi connectivity index (χ0v) is 14.7. The van der Waals surface area contributed by atoms with Gasteiger partial charge < -0.3 is 4.74 Å². The maximum absolute atomic E-state index is 5.27. The van der Waals surface area contributed by atoms with Crippen LogP contribution >= 0.6 is 11.3 Å². The Labute approximate surface area is 151 Å². The normalized spacial score (nSPS) is 10.6.